The molecule has 9 nitrogen and oxygen atoms in total. The second kappa shape index (κ2) is 12.9. The molecule has 2 fully saturated rings. The first-order valence-electron chi connectivity index (χ1n) is 12.2. The number of anilines is 2. The predicted molar refractivity (Wildman–Crippen MR) is 140 cm³/mol. The van der Waals surface area contributed by atoms with Crippen molar-refractivity contribution in [1.29, 1.82) is 0 Å². The number of piperidine rings is 1. The van der Waals surface area contributed by atoms with Gasteiger partial charge in [0, 0.05) is 19.6 Å². The van der Waals surface area contributed by atoms with Gasteiger partial charge >= 0.3 is 18.1 Å². The number of aromatic carboxylic acids is 1. The van der Waals surface area contributed by atoms with E-state index in [1.54, 1.807) is 18.2 Å². The number of halogens is 4. The van der Waals surface area contributed by atoms with Crippen molar-refractivity contribution in [3.8, 4) is 0 Å². The third-order valence-electron chi connectivity index (χ3n) is 6.43. The zero-order valence-corrected chi connectivity index (χ0v) is 22.4. The van der Waals surface area contributed by atoms with E-state index in [0.717, 1.165) is 45.6 Å². The number of nitrogens with one attached hydrogen (secondary N) is 1. The van der Waals surface area contributed by atoms with Crippen molar-refractivity contribution in [2.24, 2.45) is 5.92 Å². The number of likely N-dealkylation sites (tertiary alicyclic amines) is 1. The van der Waals surface area contributed by atoms with Gasteiger partial charge in [-0.25, -0.2) is 18.0 Å². The Morgan fingerprint density at radius 1 is 1.03 bits per heavy atom. The van der Waals surface area contributed by atoms with Crippen molar-refractivity contribution in [3.05, 3.63) is 53.1 Å². The third kappa shape index (κ3) is 8.48. The molecule has 2 saturated heterocycles. The number of benzene rings is 2. The molecule has 1 atom stereocenters. The second-order valence-corrected chi connectivity index (χ2v) is 11.4. The van der Waals surface area contributed by atoms with Crippen molar-refractivity contribution < 1.29 is 41.4 Å². The van der Waals surface area contributed by atoms with E-state index in [2.05, 4.69) is 14.5 Å². The topological polar surface area (TPSA) is 127 Å². The van der Waals surface area contributed by atoms with Crippen LogP contribution in [-0.2, 0) is 14.8 Å². The van der Waals surface area contributed by atoms with E-state index in [4.69, 9.17) is 21.5 Å². The van der Waals surface area contributed by atoms with E-state index in [1.807, 2.05) is 0 Å². The quantitative estimate of drug-likeness (QED) is 0.420. The van der Waals surface area contributed by atoms with Crippen LogP contribution in [0.4, 0.5) is 24.5 Å². The maximum absolute atomic E-state index is 13.1. The number of hydrogen-bond acceptors (Lipinski definition) is 6. The summed E-state index contributed by atoms with van der Waals surface area (Å²) in [5.41, 5.74) is 0.972. The summed E-state index contributed by atoms with van der Waals surface area (Å²) in [5, 5.41) is 16.7. The van der Waals surface area contributed by atoms with Crippen LogP contribution in [0.15, 0.2) is 47.4 Å². The van der Waals surface area contributed by atoms with Gasteiger partial charge in [-0.2, -0.15) is 13.2 Å². The number of alkyl halides is 3. The van der Waals surface area contributed by atoms with Gasteiger partial charge in [0.25, 0.3) is 10.0 Å². The number of aliphatic carboxylic acids is 1. The summed E-state index contributed by atoms with van der Waals surface area (Å²) in [7, 11) is -3.99. The molecule has 0 bridgehead atoms. The largest absolute Gasteiger partial charge is 0.490 e. The molecular weight excluding hydrogens is 563 g/mol. The van der Waals surface area contributed by atoms with Gasteiger partial charge in [-0.3, -0.25) is 4.72 Å². The first-order valence-corrected chi connectivity index (χ1v) is 14.1. The number of sulfonamides is 1. The maximum atomic E-state index is 13.1. The van der Waals surface area contributed by atoms with E-state index in [-0.39, 0.29) is 21.2 Å². The van der Waals surface area contributed by atoms with Crippen molar-refractivity contribution in [2.75, 3.05) is 42.3 Å². The molecule has 2 aliphatic heterocycles. The smallest absolute Gasteiger partial charge is 0.478 e. The van der Waals surface area contributed by atoms with Gasteiger partial charge in [0.15, 0.2) is 0 Å². The minimum absolute atomic E-state index is 0.0243. The van der Waals surface area contributed by atoms with Gasteiger partial charge in [-0.1, -0.05) is 23.7 Å². The molecule has 39 heavy (non-hydrogen) atoms. The molecule has 2 heterocycles. The number of carboxylic acid groups (broad SMARTS) is 2. The molecule has 0 aromatic heterocycles. The monoisotopic (exact) mass is 591 g/mol. The molecular formula is C25H29ClF3N3O6S. The van der Waals surface area contributed by atoms with Crippen molar-refractivity contribution in [1.82, 2.24) is 4.90 Å². The molecule has 0 spiro atoms. The Balaban J connectivity index is 0.000000532. The Morgan fingerprint density at radius 3 is 2.26 bits per heavy atom. The van der Waals surface area contributed by atoms with Crippen LogP contribution in [0.3, 0.4) is 0 Å². The maximum Gasteiger partial charge on any atom is 0.490 e. The van der Waals surface area contributed by atoms with Crippen LogP contribution in [0, 0.1) is 5.92 Å². The van der Waals surface area contributed by atoms with Gasteiger partial charge in [-0.05, 0) is 75.0 Å². The predicted octanol–water partition coefficient (Wildman–Crippen LogP) is 4.78. The van der Waals surface area contributed by atoms with Gasteiger partial charge in [0.1, 0.15) is 4.90 Å². The van der Waals surface area contributed by atoms with Crippen LogP contribution in [0.25, 0.3) is 0 Å². The highest BCUT2D eigenvalue weighted by Crippen LogP contribution is 2.34. The Kier molecular flexibility index (Phi) is 10.1. The molecule has 0 aliphatic carbocycles. The highest BCUT2D eigenvalue weighted by Gasteiger charge is 2.38. The number of nitrogens with zero attached hydrogens (tertiary/aromatic N) is 2. The van der Waals surface area contributed by atoms with E-state index in [0.29, 0.717) is 11.6 Å². The van der Waals surface area contributed by atoms with Crippen LogP contribution in [0.2, 0.25) is 5.02 Å². The van der Waals surface area contributed by atoms with Crippen LogP contribution >= 0.6 is 11.6 Å². The molecule has 2 aromatic carbocycles. The minimum Gasteiger partial charge on any atom is -0.478 e. The highest BCUT2D eigenvalue weighted by atomic mass is 35.5. The number of carboxylic acids is 2. The lowest BCUT2D eigenvalue weighted by atomic mass is 9.96. The second-order valence-electron chi connectivity index (χ2n) is 9.34. The zero-order chi connectivity index (χ0) is 28.8. The van der Waals surface area contributed by atoms with Gasteiger partial charge in [0.05, 0.1) is 22.0 Å². The fraction of sp³-hybridized carbons (Fsp3) is 0.440. The van der Waals surface area contributed by atoms with E-state index in [9.17, 15) is 31.5 Å². The Labute approximate surface area is 229 Å². The standard InChI is InChI=1S/C23H28ClN3O4S.C2HF3O2/c24-19-7-1-2-8-22(19)32(30,31)25-20-14-18(23(28)29)9-10-21(20)27-13-5-6-17(16-27)15-26-11-3-4-12-26;3-2(4,5)1(6)7/h1-2,7-10,14,17,25H,3-6,11-13,15-16H2,(H,28,29);(H,6,7). The summed E-state index contributed by atoms with van der Waals surface area (Å²) >= 11 is 6.12. The summed E-state index contributed by atoms with van der Waals surface area (Å²) in [5.74, 6) is -3.37. The first-order chi connectivity index (χ1) is 18.3. The Bertz CT molecular complexity index is 1290. The minimum atomic E-state index is -5.08. The van der Waals surface area contributed by atoms with Crippen LogP contribution in [0.5, 0.6) is 0 Å². The van der Waals surface area contributed by atoms with Gasteiger partial charge < -0.3 is 20.0 Å². The first kappa shape index (κ1) is 30.5. The highest BCUT2D eigenvalue weighted by molar-refractivity contribution is 7.92. The molecule has 0 radical (unpaired) electrons. The summed E-state index contributed by atoms with van der Waals surface area (Å²) in [6.07, 6.45) is -0.432. The van der Waals surface area contributed by atoms with Gasteiger partial charge in [0.2, 0.25) is 0 Å². The van der Waals surface area contributed by atoms with Gasteiger partial charge in [-0.15, -0.1) is 0 Å². The molecule has 2 aromatic rings. The molecule has 4 rings (SSSR count). The van der Waals surface area contributed by atoms with Crippen molar-refractivity contribution in [2.45, 2.75) is 36.8 Å². The summed E-state index contributed by atoms with van der Waals surface area (Å²) in [6.45, 7) is 4.94. The lowest BCUT2D eigenvalue weighted by Crippen LogP contribution is -2.40. The van der Waals surface area contributed by atoms with Crippen LogP contribution < -0.4 is 9.62 Å². The molecule has 3 N–H and O–H groups in total. The van der Waals surface area contributed by atoms with Crippen LogP contribution in [-0.4, -0.2) is 74.4 Å². The normalized spacial score (nSPS) is 18.3. The number of hydrogen-bond donors (Lipinski definition) is 3. The molecule has 1 unspecified atom stereocenters. The Hall–Kier alpha value is -3.03. The summed E-state index contributed by atoms with van der Waals surface area (Å²) < 4.78 is 60.5. The molecule has 0 amide bonds. The lowest BCUT2D eigenvalue weighted by molar-refractivity contribution is -0.192. The Morgan fingerprint density at radius 2 is 1.67 bits per heavy atom. The average Bonchev–Trinajstić information content (AvgIpc) is 3.37. The van der Waals surface area contributed by atoms with E-state index < -0.39 is 28.1 Å². The van der Waals surface area contributed by atoms with E-state index >= 15 is 0 Å². The van der Waals surface area contributed by atoms with Crippen molar-refractivity contribution >= 4 is 44.9 Å². The molecule has 14 heteroatoms. The molecule has 2 aliphatic rings. The summed E-state index contributed by atoms with van der Waals surface area (Å²) in [6, 6.07) is 10.8. The fourth-order valence-electron chi connectivity index (χ4n) is 4.65. The zero-order valence-electron chi connectivity index (χ0n) is 20.8. The van der Waals surface area contributed by atoms with Crippen LogP contribution in [0.1, 0.15) is 36.0 Å². The number of carbonyl (C=O) groups is 2. The lowest BCUT2D eigenvalue weighted by Gasteiger charge is -2.37. The molecule has 214 valence electrons. The molecule has 0 saturated carbocycles. The van der Waals surface area contributed by atoms with E-state index in [1.165, 1.54) is 37.1 Å². The van der Waals surface area contributed by atoms with Crippen molar-refractivity contribution in [3.63, 3.8) is 0 Å². The third-order valence-corrected chi connectivity index (χ3v) is 8.30. The summed E-state index contributed by atoms with van der Waals surface area (Å²) in [4.78, 5) is 25.1. The fourth-order valence-corrected chi connectivity index (χ4v) is 6.24. The average molecular weight is 592 g/mol. The number of rotatable bonds is 7. The SMILES string of the molecule is O=C(O)C(F)(F)F.O=C(O)c1ccc(N2CCCC(CN3CCCC3)C2)c(NS(=O)(=O)c2ccccc2Cl)c1.